The van der Waals surface area contributed by atoms with Crippen LogP contribution in [0.5, 0.6) is 0 Å². The fourth-order valence-electron chi connectivity index (χ4n) is 3.17. The van der Waals surface area contributed by atoms with Crippen molar-refractivity contribution in [3.8, 4) is 0 Å². The van der Waals surface area contributed by atoms with Gasteiger partial charge in [-0.15, -0.1) is 0 Å². The quantitative estimate of drug-likeness (QED) is 0.639. The van der Waals surface area contributed by atoms with Gasteiger partial charge in [-0.05, 0) is 24.7 Å². The molecule has 0 aromatic carbocycles. The zero-order chi connectivity index (χ0) is 12.7. The Morgan fingerprint density at radius 2 is 1.88 bits per heavy atom. The molecule has 0 bridgehead atoms. The van der Waals surface area contributed by atoms with Crippen molar-refractivity contribution in [2.75, 3.05) is 13.2 Å². The molecule has 1 aliphatic rings. The Bertz CT molecular complexity index is 187. The number of hydrogen-bond donors (Lipinski definition) is 3. The van der Waals surface area contributed by atoms with Gasteiger partial charge in [-0.25, -0.2) is 0 Å². The Kier molecular flexibility index (Phi) is 7.09. The van der Waals surface area contributed by atoms with E-state index in [0.717, 1.165) is 6.42 Å². The molecule has 17 heavy (non-hydrogen) atoms. The summed E-state index contributed by atoms with van der Waals surface area (Å²) in [5, 5.41) is 13.2. The van der Waals surface area contributed by atoms with Crippen molar-refractivity contribution in [2.45, 2.75) is 64.5 Å². The average molecular weight is 242 g/mol. The predicted molar refractivity (Wildman–Crippen MR) is 72.9 cm³/mol. The molecule has 0 aliphatic heterocycles. The first kappa shape index (κ1) is 14.9. The smallest absolute Gasteiger partial charge is 0.0474 e. The van der Waals surface area contributed by atoms with E-state index in [4.69, 9.17) is 5.73 Å². The Hall–Kier alpha value is -0.120. The van der Waals surface area contributed by atoms with Gasteiger partial charge in [0.25, 0.3) is 0 Å². The van der Waals surface area contributed by atoms with Crippen LogP contribution in [0.3, 0.4) is 0 Å². The highest BCUT2D eigenvalue weighted by Crippen LogP contribution is 2.25. The molecule has 0 aromatic rings. The minimum atomic E-state index is 0.317. The van der Waals surface area contributed by atoms with Crippen molar-refractivity contribution in [3.05, 3.63) is 0 Å². The zero-order valence-electron chi connectivity index (χ0n) is 11.5. The molecule has 3 heteroatoms. The van der Waals surface area contributed by atoms with Crippen molar-refractivity contribution >= 4 is 0 Å². The summed E-state index contributed by atoms with van der Waals surface area (Å²) in [5.74, 6) is 1.11. The summed E-state index contributed by atoms with van der Waals surface area (Å²) in [6, 6.07) is 0.894. The highest BCUT2D eigenvalue weighted by Gasteiger charge is 2.28. The molecule has 0 aromatic heterocycles. The SMILES string of the molecule is CCC(CC)C(CN)NC1CCCCC1CO. The number of nitrogens with two attached hydrogens (primary N) is 1. The largest absolute Gasteiger partial charge is 0.396 e. The van der Waals surface area contributed by atoms with Gasteiger partial charge in [-0.1, -0.05) is 39.5 Å². The molecule has 1 aliphatic carbocycles. The van der Waals surface area contributed by atoms with Gasteiger partial charge < -0.3 is 16.2 Å². The third-order valence-electron chi connectivity index (χ3n) is 4.44. The summed E-state index contributed by atoms with van der Waals surface area (Å²) < 4.78 is 0. The molecule has 0 radical (unpaired) electrons. The Morgan fingerprint density at radius 1 is 1.24 bits per heavy atom. The molecule has 3 atom stereocenters. The van der Waals surface area contributed by atoms with E-state index in [0.29, 0.717) is 37.1 Å². The molecule has 0 heterocycles. The van der Waals surface area contributed by atoms with Gasteiger partial charge in [0.15, 0.2) is 0 Å². The summed E-state index contributed by atoms with van der Waals surface area (Å²) in [6.45, 7) is 5.50. The van der Waals surface area contributed by atoms with Gasteiger partial charge in [-0.3, -0.25) is 0 Å². The maximum absolute atomic E-state index is 9.43. The highest BCUT2D eigenvalue weighted by molar-refractivity contribution is 4.86. The lowest BCUT2D eigenvalue weighted by atomic mass is 9.83. The summed E-state index contributed by atoms with van der Waals surface area (Å²) in [4.78, 5) is 0. The topological polar surface area (TPSA) is 58.3 Å². The van der Waals surface area contributed by atoms with Gasteiger partial charge in [0.05, 0.1) is 0 Å². The van der Waals surface area contributed by atoms with Crippen LogP contribution in [0.2, 0.25) is 0 Å². The molecule has 0 amide bonds. The lowest BCUT2D eigenvalue weighted by molar-refractivity contribution is 0.137. The molecule has 1 rings (SSSR count). The second kappa shape index (κ2) is 8.06. The first-order chi connectivity index (χ1) is 8.26. The van der Waals surface area contributed by atoms with Gasteiger partial charge in [-0.2, -0.15) is 0 Å². The molecule has 0 spiro atoms. The molecule has 1 fully saturated rings. The first-order valence-electron chi connectivity index (χ1n) is 7.33. The Balaban J connectivity index is 2.52. The van der Waals surface area contributed by atoms with E-state index in [1.54, 1.807) is 0 Å². The number of hydrogen-bond acceptors (Lipinski definition) is 3. The van der Waals surface area contributed by atoms with Crippen molar-refractivity contribution in [1.29, 1.82) is 0 Å². The zero-order valence-corrected chi connectivity index (χ0v) is 11.5. The van der Waals surface area contributed by atoms with Crippen LogP contribution in [0.25, 0.3) is 0 Å². The van der Waals surface area contributed by atoms with Gasteiger partial charge in [0, 0.05) is 25.2 Å². The van der Waals surface area contributed by atoms with Gasteiger partial charge >= 0.3 is 0 Å². The minimum Gasteiger partial charge on any atom is -0.396 e. The molecule has 4 N–H and O–H groups in total. The number of rotatable bonds is 7. The third kappa shape index (κ3) is 4.23. The minimum absolute atomic E-state index is 0.317. The van der Waals surface area contributed by atoms with Gasteiger partial charge in [0.1, 0.15) is 0 Å². The number of nitrogens with one attached hydrogen (secondary N) is 1. The van der Waals surface area contributed by atoms with Crippen LogP contribution >= 0.6 is 0 Å². The normalized spacial score (nSPS) is 27.4. The van der Waals surface area contributed by atoms with E-state index < -0.39 is 0 Å². The summed E-state index contributed by atoms with van der Waals surface area (Å²) in [5.41, 5.74) is 5.90. The maximum atomic E-state index is 9.43. The lowest BCUT2D eigenvalue weighted by Crippen LogP contribution is -2.51. The fourth-order valence-corrected chi connectivity index (χ4v) is 3.17. The molecular formula is C14H30N2O. The number of aliphatic hydroxyl groups is 1. The number of aliphatic hydroxyl groups excluding tert-OH is 1. The van der Waals surface area contributed by atoms with E-state index in [9.17, 15) is 5.11 Å². The van der Waals surface area contributed by atoms with E-state index in [2.05, 4.69) is 19.2 Å². The molecular weight excluding hydrogens is 212 g/mol. The standard InChI is InChI=1S/C14H30N2O/c1-3-11(4-2)14(9-15)16-13-8-6-5-7-12(13)10-17/h11-14,16-17H,3-10,15H2,1-2H3. The van der Waals surface area contributed by atoms with Crippen LogP contribution in [0.1, 0.15) is 52.4 Å². The third-order valence-corrected chi connectivity index (χ3v) is 4.44. The van der Waals surface area contributed by atoms with Crippen molar-refractivity contribution in [2.24, 2.45) is 17.6 Å². The Labute approximate surface area is 106 Å². The highest BCUT2D eigenvalue weighted by atomic mass is 16.3. The van der Waals surface area contributed by atoms with E-state index >= 15 is 0 Å². The van der Waals surface area contributed by atoms with Crippen molar-refractivity contribution in [3.63, 3.8) is 0 Å². The van der Waals surface area contributed by atoms with E-state index in [1.807, 2.05) is 0 Å². The van der Waals surface area contributed by atoms with Gasteiger partial charge in [0.2, 0.25) is 0 Å². The summed E-state index contributed by atoms with van der Waals surface area (Å²) in [7, 11) is 0. The molecule has 3 unspecified atom stereocenters. The predicted octanol–water partition coefficient (Wildman–Crippen LogP) is 1.89. The fraction of sp³-hybridized carbons (Fsp3) is 1.00. The molecule has 0 saturated heterocycles. The average Bonchev–Trinajstić information content (AvgIpc) is 2.39. The second-order valence-electron chi connectivity index (χ2n) is 5.42. The maximum Gasteiger partial charge on any atom is 0.0474 e. The second-order valence-corrected chi connectivity index (χ2v) is 5.42. The van der Waals surface area contributed by atoms with Crippen molar-refractivity contribution in [1.82, 2.24) is 5.32 Å². The van der Waals surface area contributed by atoms with Crippen LogP contribution in [0.15, 0.2) is 0 Å². The molecule has 3 nitrogen and oxygen atoms in total. The van der Waals surface area contributed by atoms with E-state index in [-0.39, 0.29) is 0 Å². The van der Waals surface area contributed by atoms with Crippen LogP contribution in [0.4, 0.5) is 0 Å². The molecule has 102 valence electrons. The van der Waals surface area contributed by atoms with Crippen LogP contribution in [-0.4, -0.2) is 30.3 Å². The summed E-state index contributed by atoms with van der Waals surface area (Å²) >= 11 is 0. The monoisotopic (exact) mass is 242 g/mol. The van der Waals surface area contributed by atoms with E-state index in [1.165, 1.54) is 32.1 Å². The summed E-state index contributed by atoms with van der Waals surface area (Å²) in [6.07, 6.45) is 7.27. The van der Waals surface area contributed by atoms with Crippen molar-refractivity contribution < 1.29 is 5.11 Å². The van der Waals surface area contributed by atoms with Crippen LogP contribution in [0, 0.1) is 11.8 Å². The lowest BCUT2D eigenvalue weighted by Gasteiger charge is -2.36. The first-order valence-corrected chi connectivity index (χ1v) is 7.33. The van der Waals surface area contributed by atoms with Crippen LogP contribution in [-0.2, 0) is 0 Å². The Morgan fingerprint density at radius 3 is 2.41 bits per heavy atom. The van der Waals surface area contributed by atoms with Crippen LogP contribution < -0.4 is 11.1 Å². The molecule has 1 saturated carbocycles.